The lowest BCUT2D eigenvalue weighted by atomic mass is 10.1. The van der Waals surface area contributed by atoms with Crippen molar-refractivity contribution in [1.29, 1.82) is 0 Å². The van der Waals surface area contributed by atoms with E-state index >= 15 is 0 Å². The van der Waals surface area contributed by atoms with Crippen LogP contribution in [0.15, 0.2) is 0 Å². The van der Waals surface area contributed by atoms with Crippen LogP contribution in [0.4, 0.5) is 0 Å². The van der Waals surface area contributed by atoms with Gasteiger partial charge in [0, 0.05) is 19.2 Å². The van der Waals surface area contributed by atoms with Crippen molar-refractivity contribution in [1.82, 2.24) is 10.2 Å². The number of rotatable bonds is 4. The normalized spacial score (nSPS) is 28.0. The number of nitrogens with two attached hydrogens (primary N) is 1. The molecule has 3 N–H and O–H groups in total. The zero-order valence-electron chi connectivity index (χ0n) is 10.6. The Morgan fingerprint density at radius 3 is 2.72 bits per heavy atom. The van der Waals surface area contributed by atoms with Crippen molar-refractivity contribution >= 4 is 11.8 Å². The maximum atomic E-state index is 12.4. The fourth-order valence-electron chi connectivity index (χ4n) is 2.58. The summed E-state index contributed by atoms with van der Waals surface area (Å²) in [5, 5.41) is 3.20. The van der Waals surface area contributed by atoms with Gasteiger partial charge in [-0.3, -0.25) is 9.59 Å². The van der Waals surface area contributed by atoms with Crippen LogP contribution in [0.2, 0.25) is 0 Å². The second-order valence-electron chi connectivity index (χ2n) is 4.93. The molecule has 2 unspecified atom stereocenters. The monoisotopic (exact) mass is 255 g/mol. The van der Waals surface area contributed by atoms with Gasteiger partial charge >= 0.3 is 0 Å². The van der Waals surface area contributed by atoms with Gasteiger partial charge in [-0.25, -0.2) is 0 Å². The standard InChI is InChI=1S/C12H21N3O3/c13-11(16)8-15(9-4-5-14-7-9)12(17)10-3-1-2-6-18-10/h9-10,14H,1-8H2,(H2,13,16). The summed E-state index contributed by atoms with van der Waals surface area (Å²) in [6, 6.07) is 0.0653. The Morgan fingerprint density at radius 1 is 1.33 bits per heavy atom. The topological polar surface area (TPSA) is 84.7 Å². The zero-order chi connectivity index (χ0) is 13.0. The second kappa shape index (κ2) is 6.15. The summed E-state index contributed by atoms with van der Waals surface area (Å²) in [5.41, 5.74) is 5.23. The molecule has 0 aromatic rings. The molecular formula is C12H21N3O3. The van der Waals surface area contributed by atoms with Crippen LogP contribution < -0.4 is 11.1 Å². The molecule has 0 saturated carbocycles. The number of carbonyl (C=O) groups is 2. The van der Waals surface area contributed by atoms with Crippen LogP contribution in [0.3, 0.4) is 0 Å². The summed E-state index contributed by atoms with van der Waals surface area (Å²) >= 11 is 0. The molecule has 6 heteroatoms. The van der Waals surface area contributed by atoms with E-state index < -0.39 is 12.0 Å². The van der Waals surface area contributed by atoms with Gasteiger partial charge in [0.25, 0.3) is 5.91 Å². The minimum absolute atomic E-state index is 0.00889. The van der Waals surface area contributed by atoms with E-state index in [2.05, 4.69) is 5.32 Å². The molecule has 2 heterocycles. The molecule has 0 radical (unpaired) electrons. The highest BCUT2D eigenvalue weighted by atomic mass is 16.5. The van der Waals surface area contributed by atoms with Crippen molar-refractivity contribution in [2.24, 2.45) is 5.73 Å². The Balaban J connectivity index is 2.01. The van der Waals surface area contributed by atoms with E-state index in [-0.39, 0.29) is 18.5 Å². The molecule has 2 rings (SSSR count). The van der Waals surface area contributed by atoms with Crippen LogP contribution in [-0.2, 0) is 14.3 Å². The fourth-order valence-corrected chi connectivity index (χ4v) is 2.58. The Hall–Kier alpha value is -1.14. The molecule has 0 aliphatic carbocycles. The highest BCUT2D eigenvalue weighted by Crippen LogP contribution is 2.18. The Labute approximate surface area is 107 Å². The summed E-state index contributed by atoms with van der Waals surface area (Å²) in [5.74, 6) is -0.548. The Morgan fingerprint density at radius 2 is 2.17 bits per heavy atom. The van der Waals surface area contributed by atoms with Crippen LogP contribution >= 0.6 is 0 Å². The predicted octanol–water partition coefficient (Wildman–Crippen LogP) is -0.769. The number of amides is 2. The first-order valence-corrected chi connectivity index (χ1v) is 6.59. The minimum atomic E-state index is -0.467. The van der Waals surface area contributed by atoms with E-state index in [1.807, 2.05) is 0 Å². The third-order valence-corrected chi connectivity index (χ3v) is 3.54. The lowest BCUT2D eigenvalue weighted by Gasteiger charge is -2.32. The quantitative estimate of drug-likeness (QED) is 0.691. The van der Waals surface area contributed by atoms with E-state index in [0.29, 0.717) is 6.61 Å². The summed E-state index contributed by atoms with van der Waals surface area (Å²) in [7, 11) is 0. The third-order valence-electron chi connectivity index (χ3n) is 3.54. The molecule has 2 atom stereocenters. The first-order chi connectivity index (χ1) is 8.68. The van der Waals surface area contributed by atoms with Crippen molar-refractivity contribution in [3.8, 4) is 0 Å². The number of hydrogen-bond acceptors (Lipinski definition) is 4. The number of ether oxygens (including phenoxy) is 1. The number of nitrogens with one attached hydrogen (secondary N) is 1. The maximum Gasteiger partial charge on any atom is 0.252 e. The summed E-state index contributed by atoms with van der Waals surface area (Å²) in [6.45, 7) is 2.22. The molecule has 2 aliphatic rings. The summed E-state index contributed by atoms with van der Waals surface area (Å²) < 4.78 is 5.50. The molecule has 0 aromatic carbocycles. The molecule has 18 heavy (non-hydrogen) atoms. The van der Waals surface area contributed by atoms with Gasteiger partial charge in [0.15, 0.2) is 0 Å². The lowest BCUT2D eigenvalue weighted by molar-refractivity contribution is -0.150. The van der Waals surface area contributed by atoms with Crippen LogP contribution in [0.25, 0.3) is 0 Å². The van der Waals surface area contributed by atoms with Gasteiger partial charge in [-0.2, -0.15) is 0 Å². The first-order valence-electron chi connectivity index (χ1n) is 6.59. The molecular weight excluding hydrogens is 234 g/mol. The molecule has 6 nitrogen and oxygen atoms in total. The molecule has 2 fully saturated rings. The summed E-state index contributed by atoms with van der Waals surface area (Å²) in [6.07, 6.45) is 3.23. The van der Waals surface area contributed by atoms with E-state index in [1.165, 1.54) is 0 Å². The molecule has 2 aliphatic heterocycles. The molecule has 102 valence electrons. The minimum Gasteiger partial charge on any atom is -0.368 e. The average Bonchev–Trinajstić information content (AvgIpc) is 2.89. The highest BCUT2D eigenvalue weighted by molar-refractivity contribution is 5.86. The average molecular weight is 255 g/mol. The fraction of sp³-hybridized carbons (Fsp3) is 0.833. The lowest BCUT2D eigenvalue weighted by Crippen LogP contribution is -2.51. The smallest absolute Gasteiger partial charge is 0.252 e. The van der Waals surface area contributed by atoms with Crippen molar-refractivity contribution in [2.75, 3.05) is 26.2 Å². The van der Waals surface area contributed by atoms with Gasteiger partial charge in [-0.1, -0.05) is 0 Å². The summed E-state index contributed by atoms with van der Waals surface area (Å²) in [4.78, 5) is 25.1. The van der Waals surface area contributed by atoms with Crippen molar-refractivity contribution in [3.63, 3.8) is 0 Å². The molecule has 0 bridgehead atoms. The maximum absolute atomic E-state index is 12.4. The first kappa shape index (κ1) is 13.3. The zero-order valence-corrected chi connectivity index (χ0v) is 10.6. The van der Waals surface area contributed by atoms with Gasteiger partial charge in [0.05, 0.1) is 6.54 Å². The van der Waals surface area contributed by atoms with Crippen molar-refractivity contribution in [2.45, 2.75) is 37.8 Å². The van der Waals surface area contributed by atoms with E-state index in [1.54, 1.807) is 4.90 Å². The third kappa shape index (κ3) is 3.20. The van der Waals surface area contributed by atoms with E-state index in [9.17, 15) is 9.59 Å². The number of primary amides is 1. The van der Waals surface area contributed by atoms with Gasteiger partial charge in [-0.05, 0) is 32.2 Å². The largest absolute Gasteiger partial charge is 0.368 e. The van der Waals surface area contributed by atoms with Gasteiger partial charge in [0.1, 0.15) is 6.10 Å². The van der Waals surface area contributed by atoms with Crippen LogP contribution in [0.5, 0.6) is 0 Å². The van der Waals surface area contributed by atoms with Crippen LogP contribution in [0.1, 0.15) is 25.7 Å². The Bertz CT molecular complexity index is 310. The van der Waals surface area contributed by atoms with E-state index in [4.69, 9.17) is 10.5 Å². The van der Waals surface area contributed by atoms with Gasteiger partial charge in [0.2, 0.25) is 5.91 Å². The number of carbonyl (C=O) groups excluding carboxylic acids is 2. The second-order valence-corrected chi connectivity index (χ2v) is 4.93. The highest BCUT2D eigenvalue weighted by Gasteiger charge is 2.33. The predicted molar refractivity (Wildman–Crippen MR) is 65.8 cm³/mol. The van der Waals surface area contributed by atoms with E-state index in [0.717, 1.165) is 38.8 Å². The number of hydrogen-bond donors (Lipinski definition) is 2. The SMILES string of the molecule is NC(=O)CN(C(=O)C1CCCCO1)C1CCNC1. The molecule has 2 saturated heterocycles. The van der Waals surface area contributed by atoms with Gasteiger partial charge in [-0.15, -0.1) is 0 Å². The number of nitrogens with zero attached hydrogens (tertiary/aromatic N) is 1. The van der Waals surface area contributed by atoms with Crippen LogP contribution in [-0.4, -0.2) is 55.1 Å². The van der Waals surface area contributed by atoms with Crippen LogP contribution in [0, 0.1) is 0 Å². The molecule has 0 aromatic heterocycles. The van der Waals surface area contributed by atoms with Crippen molar-refractivity contribution in [3.05, 3.63) is 0 Å². The molecule has 2 amide bonds. The molecule has 0 spiro atoms. The van der Waals surface area contributed by atoms with Gasteiger partial charge < -0.3 is 20.7 Å². The Kier molecular flexibility index (Phi) is 4.54. The van der Waals surface area contributed by atoms with Crippen molar-refractivity contribution < 1.29 is 14.3 Å².